The standard InChI is InChI=1S/C16H14Cl2N2O/c1-10-5-3-4-6-12(10)15-13-9-11(17)7-8-14(13)19-16(2,18)20(15)21/h3-9,21H,1-2H3. The minimum Gasteiger partial charge on any atom is -0.285 e. The molecule has 1 aliphatic heterocycles. The summed E-state index contributed by atoms with van der Waals surface area (Å²) in [5, 5.41) is 12.3. The lowest BCUT2D eigenvalue weighted by atomic mass is 10.0. The fraction of sp³-hybridized carbons (Fsp3) is 0.188. The third-order valence-corrected chi connectivity index (χ3v) is 4.02. The van der Waals surface area contributed by atoms with Gasteiger partial charge in [0.25, 0.3) is 0 Å². The molecular weight excluding hydrogens is 307 g/mol. The molecule has 1 atom stereocenters. The molecule has 3 nitrogen and oxygen atoms in total. The van der Waals surface area contributed by atoms with E-state index in [1.54, 1.807) is 19.1 Å². The van der Waals surface area contributed by atoms with E-state index in [0.717, 1.165) is 21.4 Å². The third-order valence-electron chi connectivity index (χ3n) is 3.54. The second-order valence-corrected chi connectivity index (χ2v) is 6.31. The maximum Gasteiger partial charge on any atom is 0.228 e. The molecular formula is C16H14Cl2N2O. The zero-order valence-electron chi connectivity index (χ0n) is 11.6. The summed E-state index contributed by atoms with van der Waals surface area (Å²) in [4.78, 5) is 4.37. The van der Waals surface area contributed by atoms with E-state index in [1.165, 1.54) is 0 Å². The maximum absolute atomic E-state index is 10.5. The Morgan fingerprint density at radius 3 is 2.62 bits per heavy atom. The maximum atomic E-state index is 10.5. The molecule has 1 N–H and O–H groups in total. The topological polar surface area (TPSA) is 35.8 Å². The lowest BCUT2D eigenvalue weighted by molar-refractivity contribution is -0.0787. The van der Waals surface area contributed by atoms with E-state index in [0.29, 0.717) is 16.1 Å². The number of alkyl halides is 1. The van der Waals surface area contributed by atoms with Crippen molar-refractivity contribution < 1.29 is 5.21 Å². The van der Waals surface area contributed by atoms with Crippen LogP contribution < -0.4 is 10.6 Å². The molecule has 0 saturated heterocycles. The second kappa shape index (κ2) is 5.02. The van der Waals surface area contributed by atoms with Crippen molar-refractivity contribution in [2.45, 2.75) is 19.0 Å². The monoisotopic (exact) mass is 320 g/mol. The highest BCUT2D eigenvalue weighted by Crippen LogP contribution is 2.30. The van der Waals surface area contributed by atoms with Gasteiger partial charge in [0.1, 0.15) is 0 Å². The number of hydrogen-bond donors (Lipinski definition) is 1. The predicted molar refractivity (Wildman–Crippen MR) is 83.8 cm³/mol. The number of aryl methyl sites for hydroxylation is 1. The molecule has 0 amide bonds. The molecule has 108 valence electrons. The molecule has 0 saturated carbocycles. The van der Waals surface area contributed by atoms with Crippen LogP contribution in [0.25, 0.3) is 5.70 Å². The molecule has 2 aromatic rings. The van der Waals surface area contributed by atoms with E-state index < -0.39 is 5.12 Å². The van der Waals surface area contributed by atoms with E-state index >= 15 is 0 Å². The first kappa shape index (κ1) is 14.4. The highest BCUT2D eigenvalue weighted by atomic mass is 35.5. The largest absolute Gasteiger partial charge is 0.285 e. The lowest BCUT2D eigenvalue weighted by Crippen LogP contribution is -2.49. The van der Waals surface area contributed by atoms with Gasteiger partial charge in [0.2, 0.25) is 5.12 Å². The van der Waals surface area contributed by atoms with Crippen molar-refractivity contribution in [3.05, 3.63) is 69.2 Å². The van der Waals surface area contributed by atoms with Gasteiger partial charge in [-0.15, -0.1) is 0 Å². The number of hydroxylamine groups is 2. The van der Waals surface area contributed by atoms with Crippen molar-refractivity contribution in [3.63, 3.8) is 0 Å². The summed E-state index contributed by atoms with van der Waals surface area (Å²) in [6.07, 6.45) is 0. The zero-order chi connectivity index (χ0) is 15.2. The van der Waals surface area contributed by atoms with Gasteiger partial charge in [-0.1, -0.05) is 47.5 Å². The Morgan fingerprint density at radius 2 is 1.90 bits per heavy atom. The van der Waals surface area contributed by atoms with Gasteiger partial charge in [-0.3, -0.25) is 5.21 Å². The molecule has 1 unspecified atom stereocenters. The minimum atomic E-state index is -1.25. The van der Waals surface area contributed by atoms with Crippen molar-refractivity contribution >= 4 is 28.9 Å². The number of nitrogens with zero attached hydrogens (tertiary/aromatic N) is 2. The average molecular weight is 321 g/mol. The summed E-state index contributed by atoms with van der Waals surface area (Å²) in [7, 11) is 0. The van der Waals surface area contributed by atoms with Gasteiger partial charge in [0.15, 0.2) is 0 Å². The normalized spacial score (nSPS) is 21.0. The van der Waals surface area contributed by atoms with Crippen LogP contribution in [0.4, 0.5) is 0 Å². The summed E-state index contributed by atoms with van der Waals surface area (Å²) in [5.41, 5.74) is 2.54. The highest BCUT2D eigenvalue weighted by molar-refractivity contribution is 6.30. The van der Waals surface area contributed by atoms with Crippen LogP contribution >= 0.6 is 23.2 Å². The average Bonchev–Trinajstić information content (AvgIpc) is 2.42. The quantitative estimate of drug-likeness (QED) is 0.647. The highest BCUT2D eigenvalue weighted by Gasteiger charge is 2.33. The molecule has 21 heavy (non-hydrogen) atoms. The van der Waals surface area contributed by atoms with Crippen molar-refractivity contribution in [3.8, 4) is 0 Å². The third kappa shape index (κ3) is 2.42. The van der Waals surface area contributed by atoms with Crippen molar-refractivity contribution in [1.82, 2.24) is 5.06 Å². The molecule has 0 aliphatic carbocycles. The summed E-state index contributed by atoms with van der Waals surface area (Å²) in [6, 6.07) is 13.2. The molecule has 0 aromatic heterocycles. The van der Waals surface area contributed by atoms with Crippen molar-refractivity contribution in [1.29, 1.82) is 0 Å². The summed E-state index contributed by atoms with van der Waals surface area (Å²) in [5.74, 6) is 0. The van der Waals surface area contributed by atoms with Crippen molar-refractivity contribution in [2.75, 3.05) is 0 Å². The van der Waals surface area contributed by atoms with Crippen LogP contribution in [0.3, 0.4) is 0 Å². The molecule has 0 spiro atoms. The summed E-state index contributed by atoms with van der Waals surface area (Å²) in [6.45, 7) is 3.63. The lowest BCUT2D eigenvalue weighted by Gasteiger charge is -2.34. The molecule has 0 fully saturated rings. The smallest absolute Gasteiger partial charge is 0.228 e. The van der Waals surface area contributed by atoms with Crippen molar-refractivity contribution in [2.24, 2.45) is 4.99 Å². The van der Waals surface area contributed by atoms with Gasteiger partial charge in [-0.25, -0.2) is 10.1 Å². The van der Waals surface area contributed by atoms with Gasteiger partial charge in [-0.2, -0.15) is 0 Å². The van der Waals surface area contributed by atoms with E-state index in [9.17, 15) is 5.21 Å². The van der Waals surface area contributed by atoms with E-state index in [-0.39, 0.29) is 0 Å². The first-order valence-electron chi connectivity index (χ1n) is 6.54. The van der Waals surface area contributed by atoms with Gasteiger partial charge in [-0.05, 0) is 37.6 Å². The molecule has 3 rings (SSSR count). The number of halogens is 2. The van der Waals surface area contributed by atoms with Crippen LogP contribution in [-0.4, -0.2) is 15.4 Å². The Hall–Kier alpha value is -1.55. The zero-order valence-corrected chi connectivity index (χ0v) is 13.2. The molecule has 2 aromatic carbocycles. The molecule has 5 heteroatoms. The molecule has 0 radical (unpaired) electrons. The second-order valence-electron chi connectivity index (χ2n) is 5.15. The van der Waals surface area contributed by atoms with E-state index in [4.69, 9.17) is 23.2 Å². The molecule has 0 bridgehead atoms. The fourth-order valence-corrected chi connectivity index (χ4v) is 2.83. The van der Waals surface area contributed by atoms with E-state index in [2.05, 4.69) is 4.99 Å². The number of hydrogen-bond acceptors (Lipinski definition) is 3. The first-order valence-corrected chi connectivity index (χ1v) is 7.29. The number of rotatable bonds is 1. The Labute approximate surface area is 132 Å². The molecule has 1 heterocycles. The van der Waals surface area contributed by atoms with Gasteiger partial charge in [0, 0.05) is 15.8 Å². The van der Waals surface area contributed by atoms with Gasteiger partial charge >= 0.3 is 0 Å². The summed E-state index contributed by atoms with van der Waals surface area (Å²) >= 11 is 12.4. The van der Waals surface area contributed by atoms with Gasteiger partial charge < -0.3 is 0 Å². The van der Waals surface area contributed by atoms with Crippen LogP contribution in [0, 0.1) is 6.92 Å². The van der Waals surface area contributed by atoms with Crippen LogP contribution in [0.2, 0.25) is 5.02 Å². The Kier molecular flexibility index (Phi) is 3.44. The van der Waals surface area contributed by atoms with E-state index in [1.807, 2.05) is 37.3 Å². The Morgan fingerprint density at radius 1 is 1.19 bits per heavy atom. The summed E-state index contributed by atoms with van der Waals surface area (Å²) < 4.78 is 0. The Balaban J connectivity index is 2.46. The number of fused-ring (bicyclic) bond motifs is 1. The predicted octanol–water partition coefficient (Wildman–Crippen LogP) is 3.04. The van der Waals surface area contributed by atoms with Crippen LogP contribution in [-0.2, 0) is 0 Å². The van der Waals surface area contributed by atoms with Crippen LogP contribution in [0.1, 0.15) is 18.1 Å². The van der Waals surface area contributed by atoms with Gasteiger partial charge in [0.05, 0.1) is 11.1 Å². The fourth-order valence-electron chi connectivity index (χ4n) is 2.48. The minimum absolute atomic E-state index is 0.585. The van der Waals surface area contributed by atoms with Crippen LogP contribution in [0.5, 0.6) is 0 Å². The van der Waals surface area contributed by atoms with Crippen LogP contribution in [0.15, 0.2) is 47.5 Å². The number of benzene rings is 2. The SMILES string of the molecule is Cc1ccccc1C1=c2cc(Cl)ccc2=NC(C)(Cl)N1O. The molecule has 1 aliphatic rings. The first-order chi connectivity index (χ1) is 9.90. The Bertz CT molecular complexity index is 830.